The predicted octanol–water partition coefficient (Wildman–Crippen LogP) is 2.97. The van der Waals surface area contributed by atoms with E-state index in [1.807, 2.05) is 4.90 Å². The number of likely N-dealkylation sites (tertiary alicyclic amines) is 1. The van der Waals surface area contributed by atoms with Crippen molar-refractivity contribution in [2.75, 3.05) is 19.6 Å². The first kappa shape index (κ1) is 17.9. The van der Waals surface area contributed by atoms with Crippen LogP contribution in [0.2, 0.25) is 0 Å². The van der Waals surface area contributed by atoms with E-state index >= 15 is 0 Å². The second-order valence-corrected chi connectivity index (χ2v) is 5.93. The van der Waals surface area contributed by atoms with Crippen LogP contribution in [0.25, 0.3) is 0 Å². The Morgan fingerprint density at radius 2 is 1.96 bits per heavy atom. The van der Waals surface area contributed by atoms with Crippen LogP contribution in [0.1, 0.15) is 36.8 Å². The summed E-state index contributed by atoms with van der Waals surface area (Å²) in [5.74, 6) is -2.27. The number of rotatable bonds is 4. The minimum absolute atomic E-state index is 0.227. The molecule has 1 N–H and O–H groups in total. The highest BCUT2D eigenvalue weighted by Gasteiger charge is 2.34. The number of benzene rings is 1. The number of carbonyl (C=O) groups is 1. The van der Waals surface area contributed by atoms with Gasteiger partial charge < -0.3 is 10.0 Å². The molecule has 0 saturated carbocycles. The summed E-state index contributed by atoms with van der Waals surface area (Å²) in [5, 5.41) is 9.48. The fraction of sp³-hybridized carbons (Fsp3) is 0.562. The molecule has 1 aromatic carbocycles. The molecule has 0 radical (unpaired) electrons. The summed E-state index contributed by atoms with van der Waals surface area (Å²) in [6, 6.07) is 2.64. The summed E-state index contributed by atoms with van der Waals surface area (Å²) in [7, 11) is 0. The molecule has 0 aromatic heterocycles. The van der Waals surface area contributed by atoms with E-state index in [9.17, 15) is 27.5 Å². The average Bonchev–Trinajstić information content (AvgIpc) is 2.44. The van der Waals surface area contributed by atoms with E-state index in [1.165, 1.54) is 6.92 Å². The molecule has 0 aliphatic carbocycles. The second-order valence-electron chi connectivity index (χ2n) is 5.93. The zero-order chi connectivity index (χ0) is 17.2. The number of piperidine rings is 1. The van der Waals surface area contributed by atoms with Crippen molar-refractivity contribution in [3.05, 3.63) is 35.1 Å². The van der Waals surface area contributed by atoms with Crippen molar-refractivity contribution in [2.24, 2.45) is 0 Å². The number of ketones is 1. The molecule has 1 saturated heterocycles. The molecule has 1 aliphatic heterocycles. The van der Waals surface area contributed by atoms with Gasteiger partial charge in [-0.1, -0.05) is 6.07 Å². The van der Waals surface area contributed by atoms with Crippen molar-refractivity contribution in [2.45, 2.75) is 38.0 Å². The third kappa shape index (κ3) is 4.51. The number of carbonyl (C=O) groups excluding carboxylic acids is 1. The van der Waals surface area contributed by atoms with Crippen molar-refractivity contribution in [3.63, 3.8) is 0 Å². The molecule has 1 unspecified atom stereocenters. The summed E-state index contributed by atoms with van der Waals surface area (Å²) in [5.41, 5.74) is -1.08. The molecule has 23 heavy (non-hydrogen) atoms. The molecular weight excluding hydrogens is 314 g/mol. The lowest BCUT2D eigenvalue weighted by molar-refractivity contribution is -0.140. The van der Waals surface area contributed by atoms with Crippen molar-refractivity contribution in [1.29, 1.82) is 0 Å². The molecule has 1 fully saturated rings. The lowest BCUT2D eigenvalue weighted by Gasteiger charge is -2.32. The van der Waals surface area contributed by atoms with Crippen LogP contribution in [0.4, 0.5) is 17.6 Å². The molecule has 0 amide bonds. The van der Waals surface area contributed by atoms with Gasteiger partial charge in [-0.15, -0.1) is 0 Å². The van der Waals surface area contributed by atoms with Crippen molar-refractivity contribution in [1.82, 2.24) is 4.90 Å². The molecular formula is C16H19F4NO2. The standard InChI is InChI=1S/C16H19F4NO2/c1-10(22)13(9-21-6-4-12(23)5-7-21)11-2-3-14(15(17)8-11)16(18,19)20/h2-3,8,12-13,23H,4-7,9H2,1H3. The number of halogens is 4. The Morgan fingerprint density at radius 3 is 2.43 bits per heavy atom. The Morgan fingerprint density at radius 1 is 1.35 bits per heavy atom. The van der Waals surface area contributed by atoms with Crippen LogP contribution in [0.3, 0.4) is 0 Å². The first-order valence-corrected chi connectivity index (χ1v) is 7.46. The molecule has 128 valence electrons. The topological polar surface area (TPSA) is 40.5 Å². The molecule has 2 rings (SSSR count). The highest BCUT2D eigenvalue weighted by Crippen LogP contribution is 2.33. The van der Waals surface area contributed by atoms with Gasteiger partial charge in [-0.25, -0.2) is 4.39 Å². The van der Waals surface area contributed by atoms with E-state index in [-0.39, 0.29) is 17.5 Å². The smallest absolute Gasteiger partial charge is 0.393 e. The fourth-order valence-electron chi connectivity index (χ4n) is 2.81. The average molecular weight is 333 g/mol. The summed E-state index contributed by atoms with van der Waals surface area (Å²) in [6.45, 7) is 2.87. The summed E-state index contributed by atoms with van der Waals surface area (Å²) in [4.78, 5) is 13.8. The van der Waals surface area contributed by atoms with Gasteiger partial charge >= 0.3 is 6.18 Å². The summed E-state index contributed by atoms with van der Waals surface area (Å²) < 4.78 is 51.6. The molecule has 1 aromatic rings. The highest BCUT2D eigenvalue weighted by atomic mass is 19.4. The largest absolute Gasteiger partial charge is 0.419 e. The molecule has 1 atom stereocenters. The van der Waals surface area contributed by atoms with E-state index in [1.54, 1.807) is 0 Å². The van der Waals surface area contributed by atoms with Gasteiger partial charge in [0.05, 0.1) is 17.6 Å². The Balaban J connectivity index is 2.18. The molecule has 0 spiro atoms. The van der Waals surface area contributed by atoms with E-state index < -0.39 is 23.5 Å². The third-order valence-electron chi connectivity index (χ3n) is 4.19. The van der Waals surface area contributed by atoms with Crippen molar-refractivity contribution < 1.29 is 27.5 Å². The lowest BCUT2D eigenvalue weighted by atomic mass is 9.92. The van der Waals surface area contributed by atoms with E-state index in [4.69, 9.17) is 0 Å². The van der Waals surface area contributed by atoms with Gasteiger partial charge in [0.2, 0.25) is 0 Å². The van der Waals surface area contributed by atoms with Crippen LogP contribution in [0.5, 0.6) is 0 Å². The van der Waals surface area contributed by atoms with Crippen LogP contribution in [0.15, 0.2) is 18.2 Å². The quantitative estimate of drug-likeness (QED) is 0.861. The Bertz CT molecular complexity index is 566. The molecule has 3 nitrogen and oxygen atoms in total. The summed E-state index contributed by atoms with van der Waals surface area (Å²) >= 11 is 0. The molecule has 1 heterocycles. The second kappa shape index (κ2) is 6.97. The monoisotopic (exact) mass is 333 g/mol. The van der Waals surface area contributed by atoms with Crippen LogP contribution in [0, 0.1) is 5.82 Å². The Hall–Kier alpha value is -1.47. The zero-order valence-corrected chi connectivity index (χ0v) is 12.7. The number of aliphatic hydroxyl groups excluding tert-OH is 1. The maximum absolute atomic E-state index is 13.7. The summed E-state index contributed by atoms with van der Waals surface area (Å²) in [6.07, 6.45) is -3.93. The Labute approximate surface area is 131 Å². The number of Topliss-reactive ketones (excluding diaryl/α,β-unsaturated/α-hetero) is 1. The number of hydrogen-bond acceptors (Lipinski definition) is 3. The Kier molecular flexibility index (Phi) is 5.41. The van der Waals surface area contributed by atoms with Gasteiger partial charge in [0.1, 0.15) is 11.6 Å². The minimum Gasteiger partial charge on any atom is -0.393 e. The predicted molar refractivity (Wildman–Crippen MR) is 76.5 cm³/mol. The van der Waals surface area contributed by atoms with E-state index in [0.717, 1.165) is 12.1 Å². The number of nitrogens with zero attached hydrogens (tertiary/aromatic N) is 1. The van der Waals surface area contributed by atoms with Crippen LogP contribution >= 0.6 is 0 Å². The first-order chi connectivity index (χ1) is 10.7. The number of alkyl halides is 3. The fourth-order valence-corrected chi connectivity index (χ4v) is 2.81. The first-order valence-electron chi connectivity index (χ1n) is 7.46. The third-order valence-corrected chi connectivity index (χ3v) is 4.19. The molecule has 0 bridgehead atoms. The van der Waals surface area contributed by atoms with Gasteiger partial charge in [0, 0.05) is 19.6 Å². The number of hydrogen-bond donors (Lipinski definition) is 1. The van der Waals surface area contributed by atoms with Gasteiger partial charge in [-0.2, -0.15) is 13.2 Å². The van der Waals surface area contributed by atoms with Gasteiger partial charge in [-0.05, 0) is 37.5 Å². The normalized spacial score (nSPS) is 18.9. The van der Waals surface area contributed by atoms with Gasteiger partial charge in [-0.3, -0.25) is 4.79 Å². The van der Waals surface area contributed by atoms with E-state index in [0.29, 0.717) is 38.5 Å². The molecule has 7 heteroatoms. The van der Waals surface area contributed by atoms with Crippen LogP contribution < -0.4 is 0 Å². The van der Waals surface area contributed by atoms with Gasteiger partial charge in [0.25, 0.3) is 0 Å². The molecule has 1 aliphatic rings. The van der Waals surface area contributed by atoms with Crippen molar-refractivity contribution in [3.8, 4) is 0 Å². The van der Waals surface area contributed by atoms with Crippen LogP contribution in [-0.2, 0) is 11.0 Å². The van der Waals surface area contributed by atoms with Gasteiger partial charge in [0.15, 0.2) is 0 Å². The SMILES string of the molecule is CC(=O)C(CN1CCC(O)CC1)c1ccc(C(F)(F)F)c(F)c1. The van der Waals surface area contributed by atoms with Crippen molar-refractivity contribution >= 4 is 5.78 Å². The number of aliphatic hydroxyl groups is 1. The van der Waals surface area contributed by atoms with E-state index in [2.05, 4.69) is 0 Å². The van der Waals surface area contributed by atoms with Crippen LogP contribution in [-0.4, -0.2) is 41.5 Å². The maximum Gasteiger partial charge on any atom is 0.419 e. The zero-order valence-electron chi connectivity index (χ0n) is 12.7. The highest BCUT2D eigenvalue weighted by molar-refractivity contribution is 5.83. The lowest BCUT2D eigenvalue weighted by Crippen LogP contribution is -2.39. The maximum atomic E-state index is 13.7. The minimum atomic E-state index is -4.75.